The van der Waals surface area contributed by atoms with Crippen LogP contribution in [0.4, 0.5) is 4.79 Å². The monoisotopic (exact) mass is 398 g/mol. The highest BCUT2D eigenvalue weighted by molar-refractivity contribution is 6.42. The highest BCUT2D eigenvalue weighted by Crippen LogP contribution is 2.38. The highest BCUT2D eigenvalue weighted by Gasteiger charge is 2.55. The number of imide groups is 1. The van der Waals surface area contributed by atoms with Gasteiger partial charge >= 0.3 is 12.0 Å². The molecule has 3 rings (SSSR count). The first-order valence-corrected chi connectivity index (χ1v) is 9.33. The predicted molar refractivity (Wildman–Crippen MR) is 96.9 cm³/mol. The van der Waals surface area contributed by atoms with E-state index in [1.807, 2.05) is 6.92 Å². The lowest BCUT2D eigenvalue weighted by Gasteiger charge is -2.36. The van der Waals surface area contributed by atoms with E-state index in [0.29, 0.717) is 22.0 Å². The van der Waals surface area contributed by atoms with Crippen LogP contribution in [0.2, 0.25) is 10.0 Å². The van der Waals surface area contributed by atoms with Crippen LogP contribution in [0.1, 0.15) is 38.2 Å². The molecule has 1 aliphatic carbocycles. The van der Waals surface area contributed by atoms with Gasteiger partial charge in [0, 0.05) is 0 Å². The van der Waals surface area contributed by atoms with Crippen LogP contribution >= 0.6 is 23.2 Å². The number of nitrogens with zero attached hydrogens (tertiary/aromatic N) is 1. The minimum absolute atomic E-state index is 0.0130. The van der Waals surface area contributed by atoms with E-state index in [1.165, 1.54) is 0 Å². The van der Waals surface area contributed by atoms with E-state index in [4.69, 9.17) is 27.9 Å². The molecule has 26 heavy (non-hydrogen) atoms. The van der Waals surface area contributed by atoms with Gasteiger partial charge in [-0.3, -0.25) is 14.5 Å². The largest absolute Gasteiger partial charge is 0.459 e. The molecule has 0 unspecified atom stereocenters. The van der Waals surface area contributed by atoms with Crippen molar-refractivity contribution in [2.24, 2.45) is 5.92 Å². The van der Waals surface area contributed by atoms with Crippen LogP contribution in [-0.2, 0) is 20.9 Å². The van der Waals surface area contributed by atoms with Crippen molar-refractivity contribution in [2.45, 2.75) is 44.8 Å². The SMILES string of the molecule is C[C@@H]1CCCC[C@]12NC(=O)N(CC(=O)OCc1ccc(Cl)c(Cl)c1)C2=O. The van der Waals surface area contributed by atoms with Crippen LogP contribution in [0.25, 0.3) is 0 Å². The van der Waals surface area contributed by atoms with Gasteiger partial charge in [-0.2, -0.15) is 0 Å². The minimum Gasteiger partial charge on any atom is -0.459 e. The first-order valence-electron chi connectivity index (χ1n) is 8.57. The number of carbonyl (C=O) groups is 3. The zero-order chi connectivity index (χ0) is 18.9. The first-order chi connectivity index (χ1) is 12.3. The molecule has 0 bridgehead atoms. The van der Waals surface area contributed by atoms with Gasteiger partial charge in [-0.1, -0.05) is 49.0 Å². The number of rotatable bonds is 4. The Morgan fingerprint density at radius 2 is 2.08 bits per heavy atom. The average Bonchev–Trinajstić information content (AvgIpc) is 2.84. The van der Waals surface area contributed by atoms with Gasteiger partial charge < -0.3 is 10.1 Å². The van der Waals surface area contributed by atoms with Gasteiger partial charge in [0.05, 0.1) is 10.0 Å². The Labute approximate surface area is 161 Å². The third-order valence-corrected chi connectivity index (χ3v) is 5.91. The summed E-state index contributed by atoms with van der Waals surface area (Å²) in [6, 6.07) is 4.37. The van der Waals surface area contributed by atoms with Crippen LogP contribution in [0.5, 0.6) is 0 Å². The van der Waals surface area contributed by atoms with Crippen molar-refractivity contribution in [3.8, 4) is 0 Å². The minimum atomic E-state index is -0.876. The molecule has 2 fully saturated rings. The molecule has 8 heteroatoms. The number of hydrogen-bond acceptors (Lipinski definition) is 4. The molecule has 0 radical (unpaired) electrons. The molecule has 1 aromatic rings. The number of benzene rings is 1. The van der Waals surface area contributed by atoms with Gasteiger partial charge in [0.15, 0.2) is 0 Å². The van der Waals surface area contributed by atoms with Gasteiger partial charge in [-0.05, 0) is 36.5 Å². The van der Waals surface area contributed by atoms with Crippen LogP contribution < -0.4 is 5.32 Å². The fourth-order valence-electron chi connectivity index (χ4n) is 3.61. The van der Waals surface area contributed by atoms with Gasteiger partial charge in [0.2, 0.25) is 0 Å². The summed E-state index contributed by atoms with van der Waals surface area (Å²) in [7, 11) is 0. The molecule has 1 saturated heterocycles. The molecular formula is C18H20Cl2N2O4. The van der Waals surface area contributed by atoms with Gasteiger partial charge in [0.25, 0.3) is 5.91 Å². The zero-order valence-electron chi connectivity index (χ0n) is 14.4. The number of amides is 3. The topological polar surface area (TPSA) is 75.7 Å². The fraction of sp³-hybridized carbons (Fsp3) is 0.500. The Morgan fingerprint density at radius 1 is 1.31 bits per heavy atom. The summed E-state index contributed by atoms with van der Waals surface area (Å²) >= 11 is 11.8. The van der Waals surface area contributed by atoms with Gasteiger partial charge in [-0.25, -0.2) is 4.79 Å². The van der Waals surface area contributed by atoms with Crippen molar-refractivity contribution < 1.29 is 19.1 Å². The molecule has 2 atom stereocenters. The quantitative estimate of drug-likeness (QED) is 0.621. The summed E-state index contributed by atoms with van der Waals surface area (Å²) in [6.45, 7) is 1.55. The summed E-state index contributed by atoms with van der Waals surface area (Å²) in [5.41, 5.74) is -0.207. The molecule has 3 amide bonds. The van der Waals surface area contributed by atoms with Crippen LogP contribution in [0.3, 0.4) is 0 Å². The van der Waals surface area contributed by atoms with Crippen molar-refractivity contribution in [1.82, 2.24) is 10.2 Å². The maximum absolute atomic E-state index is 12.8. The summed E-state index contributed by atoms with van der Waals surface area (Å²) in [4.78, 5) is 38.1. The van der Waals surface area contributed by atoms with E-state index in [1.54, 1.807) is 18.2 Å². The number of nitrogens with one attached hydrogen (secondary N) is 1. The maximum atomic E-state index is 12.8. The van der Waals surface area contributed by atoms with Crippen molar-refractivity contribution in [3.63, 3.8) is 0 Å². The average molecular weight is 399 g/mol. The van der Waals surface area contributed by atoms with Crippen molar-refractivity contribution in [3.05, 3.63) is 33.8 Å². The van der Waals surface area contributed by atoms with E-state index >= 15 is 0 Å². The van der Waals surface area contributed by atoms with Crippen LogP contribution in [0, 0.1) is 5.92 Å². The summed E-state index contributed by atoms with van der Waals surface area (Å²) in [5, 5.41) is 3.58. The zero-order valence-corrected chi connectivity index (χ0v) is 15.9. The number of carbonyl (C=O) groups excluding carboxylic acids is 3. The van der Waals surface area contributed by atoms with E-state index in [0.717, 1.165) is 24.2 Å². The normalized spacial score (nSPS) is 25.5. The highest BCUT2D eigenvalue weighted by atomic mass is 35.5. The molecule has 1 aromatic carbocycles. The second-order valence-corrected chi connectivity index (χ2v) is 7.66. The second kappa shape index (κ2) is 7.45. The third kappa shape index (κ3) is 3.53. The summed E-state index contributed by atoms with van der Waals surface area (Å²) in [5.74, 6) is -0.939. The van der Waals surface area contributed by atoms with Crippen molar-refractivity contribution >= 4 is 41.1 Å². The Hall–Kier alpha value is -1.79. The van der Waals surface area contributed by atoms with Gasteiger partial charge in [0.1, 0.15) is 18.7 Å². The summed E-state index contributed by atoms with van der Waals surface area (Å²) in [6.07, 6.45) is 3.40. The smallest absolute Gasteiger partial charge is 0.326 e. The number of halogens is 2. The Balaban J connectivity index is 1.61. The van der Waals surface area contributed by atoms with Crippen LogP contribution in [-0.4, -0.2) is 34.9 Å². The Kier molecular flexibility index (Phi) is 5.44. The van der Waals surface area contributed by atoms with Gasteiger partial charge in [-0.15, -0.1) is 0 Å². The predicted octanol–water partition coefficient (Wildman–Crippen LogP) is 3.54. The molecule has 0 aromatic heterocycles. The van der Waals surface area contributed by atoms with Crippen molar-refractivity contribution in [1.29, 1.82) is 0 Å². The lowest BCUT2D eigenvalue weighted by atomic mass is 9.73. The number of esters is 1. The maximum Gasteiger partial charge on any atom is 0.326 e. The lowest BCUT2D eigenvalue weighted by Crippen LogP contribution is -2.54. The summed E-state index contributed by atoms with van der Waals surface area (Å²) < 4.78 is 5.17. The van der Waals surface area contributed by atoms with Crippen LogP contribution in [0.15, 0.2) is 18.2 Å². The third-order valence-electron chi connectivity index (χ3n) is 5.17. The molecule has 1 N–H and O–H groups in total. The van der Waals surface area contributed by atoms with E-state index in [9.17, 15) is 14.4 Å². The lowest BCUT2D eigenvalue weighted by molar-refractivity contribution is -0.149. The number of hydrogen-bond donors (Lipinski definition) is 1. The second-order valence-electron chi connectivity index (χ2n) is 6.85. The van der Waals surface area contributed by atoms with E-state index < -0.39 is 24.1 Å². The number of urea groups is 1. The fourth-order valence-corrected chi connectivity index (χ4v) is 3.93. The molecule has 1 heterocycles. The van der Waals surface area contributed by atoms with E-state index in [2.05, 4.69) is 5.32 Å². The molecule has 1 aliphatic heterocycles. The molecule has 2 aliphatic rings. The Morgan fingerprint density at radius 3 is 2.77 bits per heavy atom. The van der Waals surface area contributed by atoms with Crippen molar-refractivity contribution in [2.75, 3.05) is 6.54 Å². The number of ether oxygens (including phenoxy) is 1. The first kappa shape index (κ1) is 19.0. The molecule has 6 nitrogen and oxygen atoms in total. The molecule has 1 spiro atoms. The molecule has 140 valence electrons. The Bertz CT molecular complexity index is 755. The molecular weight excluding hydrogens is 379 g/mol. The van der Waals surface area contributed by atoms with E-state index in [-0.39, 0.29) is 18.4 Å². The molecule has 1 saturated carbocycles. The standard InChI is InChI=1S/C18H20Cl2N2O4/c1-11-4-2-3-7-18(11)16(24)22(17(25)21-18)9-15(23)26-10-12-5-6-13(19)14(20)8-12/h5-6,8,11H,2-4,7,9-10H2,1H3,(H,21,25)/t11-,18+/m1/s1.